The van der Waals surface area contributed by atoms with Crippen molar-refractivity contribution in [1.29, 1.82) is 0 Å². The Hall–Kier alpha value is -1.13. The molecule has 0 N–H and O–H groups in total. The van der Waals surface area contributed by atoms with E-state index in [1.807, 2.05) is 0 Å². The van der Waals surface area contributed by atoms with E-state index >= 15 is 0 Å². The predicted octanol–water partition coefficient (Wildman–Crippen LogP) is 0.258. The van der Waals surface area contributed by atoms with E-state index in [1.54, 1.807) is 13.1 Å². The molecule has 1 atom stereocenters. The molecule has 0 aromatic rings. The summed E-state index contributed by atoms with van der Waals surface area (Å²) in [6, 6.07) is -0.0833. The summed E-state index contributed by atoms with van der Waals surface area (Å²) < 4.78 is 0. The second-order valence-electron chi connectivity index (χ2n) is 1.94. The highest BCUT2D eigenvalue weighted by Gasteiger charge is 2.25. The van der Waals surface area contributed by atoms with Crippen LogP contribution in [0.4, 0.5) is 0 Å². The van der Waals surface area contributed by atoms with Crippen LogP contribution in [0.25, 0.3) is 0 Å². The Morgan fingerprint density at radius 2 is 2.67 bits per heavy atom. The van der Waals surface area contributed by atoms with Gasteiger partial charge in [-0.2, -0.15) is 0 Å². The summed E-state index contributed by atoms with van der Waals surface area (Å²) in [6.45, 7) is 1.76. The van der Waals surface area contributed by atoms with Crippen molar-refractivity contribution in [2.75, 3.05) is 0 Å². The topological polar surface area (TPSA) is 58.7 Å². The molecule has 9 heavy (non-hydrogen) atoms. The van der Waals surface area contributed by atoms with Gasteiger partial charge in [0.2, 0.25) is 0 Å². The van der Waals surface area contributed by atoms with Crippen molar-refractivity contribution >= 4 is 6.21 Å². The van der Waals surface area contributed by atoms with Gasteiger partial charge in [-0.1, -0.05) is 0 Å². The van der Waals surface area contributed by atoms with Crippen LogP contribution >= 0.6 is 0 Å². The molecular formula is C4H7N3O2. The molecule has 0 aromatic heterocycles. The van der Waals surface area contributed by atoms with Crippen LogP contribution in [0, 0.1) is 10.1 Å². The number of hydrazone groups is 1. The average molecular weight is 129 g/mol. The monoisotopic (exact) mass is 129 g/mol. The van der Waals surface area contributed by atoms with Crippen molar-refractivity contribution in [3.05, 3.63) is 10.1 Å². The Kier molecular flexibility index (Phi) is 1.33. The molecule has 0 amide bonds. The second-order valence-corrected chi connectivity index (χ2v) is 1.94. The van der Waals surface area contributed by atoms with Crippen LogP contribution in [-0.4, -0.2) is 22.4 Å². The number of hydrogen-bond acceptors (Lipinski definition) is 3. The van der Waals surface area contributed by atoms with Gasteiger partial charge in [0.05, 0.1) is 5.03 Å². The predicted molar refractivity (Wildman–Crippen MR) is 31.4 cm³/mol. The average Bonchev–Trinajstić information content (AvgIpc) is 2.13. The lowest BCUT2D eigenvalue weighted by atomic mass is 10.3. The first-order valence-electron chi connectivity index (χ1n) is 2.68. The molecular weight excluding hydrogens is 122 g/mol. The quantitative estimate of drug-likeness (QED) is 0.377. The van der Waals surface area contributed by atoms with E-state index in [2.05, 4.69) is 5.10 Å². The van der Waals surface area contributed by atoms with E-state index in [4.69, 9.17) is 0 Å². The molecule has 0 aromatic carbocycles. The van der Waals surface area contributed by atoms with Crippen LogP contribution < -0.4 is 0 Å². The van der Waals surface area contributed by atoms with Crippen molar-refractivity contribution in [3.63, 3.8) is 0 Å². The lowest BCUT2D eigenvalue weighted by Gasteiger charge is -2.08. The molecule has 1 rings (SSSR count). The summed E-state index contributed by atoms with van der Waals surface area (Å²) in [5, 5.41) is 13.9. The minimum atomic E-state index is -0.506. The molecule has 0 fully saturated rings. The minimum Gasteiger partial charge on any atom is -0.339 e. The van der Waals surface area contributed by atoms with Gasteiger partial charge in [0.25, 0.3) is 0 Å². The Bertz CT molecular complexity index is 156. The van der Waals surface area contributed by atoms with Gasteiger partial charge in [-0.25, -0.2) is 0 Å². The maximum Gasteiger partial charge on any atom is 0.145 e. The first kappa shape index (κ1) is 6.00. The molecule has 5 nitrogen and oxygen atoms in total. The molecule has 5 heteroatoms. The van der Waals surface area contributed by atoms with Crippen molar-refractivity contribution in [2.24, 2.45) is 5.10 Å². The zero-order valence-corrected chi connectivity index (χ0v) is 5.02. The number of nitro groups is 1. The SMILES string of the molecule is CC1CC=NN1[N+](=O)[O-]. The maximum absolute atomic E-state index is 10.0. The van der Waals surface area contributed by atoms with E-state index in [1.165, 1.54) is 0 Å². The summed E-state index contributed by atoms with van der Waals surface area (Å²) in [5.74, 6) is 0. The summed E-state index contributed by atoms with van der Waals surface area (Å²) in [5.41, 5.74) is 0. The molecule has 0 saturated carbocycles. The molecule has 1 aliphatic heterocycles. The maximum atomic E-state index is 10.0. The van der Waals surface area contributed by atoms with Gasteiger partial charge in [0.15, 0.2) is 0 Å². The molecule has 0 aliphatic carbocycles. The normalized spacial score (nSPS) is 25.0. The summed E-state index contributed by atoms with van der Waals surface area (Å²) in [6.07, 6.45) is 2.22. The first-order valence-corrected chi connectivity index (χ1v) is 2.68. The standard InChI is InChI=1S/C4H7N3O2/c1-4-2-3-5-6(4)7(8)9/h3-4H,2H2,1H3. The lowest BCUT2D eigenvalue weighted by Crippen LogP contribution is -2.29. The largest absolute Gasteiger partial charge is 0.339 e. The molecule has 50 valence electrons. The second kappa shape index (κ2) is 2.00. The third kappa shape index (κ3) is 0.984. The van der Waals surface area contributed by atoms with Gasteiger partial charge in [-0.3, -0.25) is 0 Å². The third-order valence-corrected chi connectivity index (χ3v) is 1.21. The molecule has 1 unspecified atom stereocenters. The van der Waals surface area contributed by atoms with Gasteiger partial charge < -0.3 is 10.1 Å². The van der Waals surface area contributed by atoms with Gasteiger partial charge >= 0.3 is 0 Å². The van der Waals surface area contributed by atoms with Gasteiger partial charge in [-0.05, 0) is 12.0 Å². The zero-order chi connectivity index (χ0) is 6.85. The van der Waals surface area contributed by atoms with E-state index in [0.717, 1.165) is 5.12 Å². The minimum absolute atomic E-state index is 0.0833. The van der Waals surface area contributed by atoms with E-state index in [0.29, 0.717) is 6.42 Å². The summed E-state index contributed by atoms with van der Waals surface area (Å²) in [7, 11) is 0. The Labute approximate surface area is 52.1 Å². The fourth-order valence-corrected chi connectivity index (χ4v) is 0.695. The Balaban J connectivity index is 2.59. The van der Waals surface area contributed by atoms with Crippen molar-refractivity contribution < 1.29 is 5.03 Å². The summed E-state index contributed by atoms with van der Waals surface area (Å²) in [4.78, 5) is 10.0. The molecule has 0 bridgehead atoms. The Morgan fingerprint density at radius 3 is 2.89 bits per heavy atom. The smallest absolute Gasteiger partial charge is 0.145 e. The fourth-order valence-electron chi connectivity index (χ4n) is 0.695. The summed E-state index contributed by atoms with van der Waals surface area (Å²) >= 11 is 0. The number of nitrogens with zero attached hydrogens (tertiary/aromatic N) is 3. The highest BCUT2D eigenvalue weighted by Crippen LogP contribution is 2.08. The molecule has 1 aliphatic rings. The highest BCUT2D eigenvalue weighted by molar-refractivity contribution is 5.59. The molecule has 0 saturated heterocycles. The van der Waals surface area contributed by atoms with Gasteiger partial charge in [-0.15, -0.1) is 0 Å². The fraction of sp³-hybridized carbons (Fsp3) is 0.750. The van der Waals surface area contributed by atoms with E-state index < -0.39 is 5.03 Å². The molecule has 0 spiro atoms. The van der Waals surface area contributed by atoms with Crippen molar-refractivity contribution in [1.82, 2.24) is 5.12 Å². The van der Waals surface area contributed by atoms with Crippen LogP contribution in [0.1, 0.15) is 13.3 Å². The molecule has 0 radical (unpaired) electrons. The zero-order valence-electron chi connectivity index (χ0n) is 5.02. The first-order chi connectivity index (χ1) is 4.22. The van der Waals surface area contributed by atoms with Crippen molar-refractivity contribution in [3.8, 4) is 0 Å². The number of hydrazine groups is 1. The number of hydrogen-bond donors (Lipinski definition) is 0. The third-order valence-electron chi connectivity index (χ3n) is 1.21. The van der Waals surface area contributed by atoms with Gasteiger partial charge in [0.1, 0.15) is 12.3 Å². The Morgan fingerprint density at radius 1 is 2.00 bits per heavy atom. The van der Waals surface area contributed by atoms with Crippen LogP contribution in [0.15, 0.2) is 5.10 Å². The van der Waals surface area contributed by atoms with Crippen LogP contribution in [-0.2, 0) is 0 Å². The lowest BCUT2D eigenvalue weighted by molar-refractivity contribution is -0.662. The van der Waals surface area contributed by atoms with Crippen LogP contribution in [0.2, 0.25) is 0 Å². The van der Waals surface area contributed by atoms with E-state index in [-0.39, 0.29) is 6.04 Å². The van der Waals surface area contributed by atoms with E-state index in [9.17, 15) is 10.1 Å². The van der Waals surface area contributed by atoms with Gasteiger partial charge in [0, 0.05) is 11.5 Å². The molecule has 1 heterocycles. The number of rotatable bonds is 1. The van der Waals surface area contributed by atoms with Crippen LogP contribution in [0.5, 0.6) is 0 Å². The van der Waals surface area contributed by atoms with Crippen molar-refractivity contribution in [2.45, 2.75) is 19.4 Å². The highest BCUT2D eigenvalue weighted by atomic mass is 16.7. The van der Waals surface area contributed by atoms with Crippen LogP contribution in [0.3, 0.4) is 0 Å².